The SMILES string of the molecule is C=C(CC)C(=O)OC(=O)CC(=C)C(=O)OC(=O)C(=C)CC. The van der Waals surface area contributed by atoms with Crippen molar-refractivity contribution >= 4 is 23.9 Å². The van der Waals surface area contributed by atoms with E-state index in [1.165, 1.54) is 0 Å². The number of ether oxygens (including phenoxy) is 2. The molecule has 0 spiro atoms. The second-order valence-corrected chi connectivity index (χ2v) is 4.13. The van der Waals surface area contributed by atoms with Crippen LogP contribution < -0.4 is 0 Å². The van der Waals surface area contributed by atoms with Gasteiger partial charge in [0.05, 0.1) is 6.42 Å². The summed E-state index contributed by atoms with van der Waals surface area (Å²) in [5.74, 6) is -3.78. The van der Waals surface area contributed by atoms with Crippen molar-refractivity contribution in [3.05, 3.63) is 36.5 Å². The zero-order valence-electron chi connectivity index (χ0n) is 12.2. The quantitative estimate of drug-likeness (QED) is 0.405. The molecule has 0 unspecified atom stereocenters. The van der Waals surface area contributed by atoms with Crippen LogP contribution in [0.15, 0.2) is 36.5 Å². The Morgan fingerprint density at radius 3 is 1.52 bits per heavy atom. The molecule has 0 aromatic carbocycles. The predicted octanol–water partition coefficient (Wildman–Crippen LogP) is 2.00. The van der Waals surface area contributed by atoms with Gasteiger partial charge in [-0.1, -0.05) is 33.6 Å². The first-order valence-corrected chi connectivity index (χ1v) is 6.27. The van der Waals surface area contributed by atoms with E-state index in [4.69, 9.17) is 0 Å². The third kappa shape index (κ3) is 6.47. The molecule has 114 valence electrons. The van der Waals surface area contributed by atoms with Crippen molar-refractivity contribution in [3.63, 3.8) is 0 Å². The van der Waals surface area contributed by atoms with Crippen LogP contribution in [-0.4, -0.2) is 23.9 Å². The maximum absolute atomic E-state index is 11.5. The fourth-order valence-electron chi connectivity index (χ4n) is 0.975. The van der Waals surface area contributed by atoms with Gasteiger partial charge in [0.15, 0.2) is 0 Å². The molecule has 0 aliphatic heterocycles. The number of carbonyl (C=O) groups excluding carboxylic acids is 4. The average molecular weight is 294 g/mol. The van der Waals surface area contributed by atoms with Crippen molar-refractivity contribution in [1.29, 1.82) is 0 Å². The van der Waals surface area contributed by atoms with E-state index in [1.807, 2.05) is 0 Å². The molecular formula is C15H18O6. The van der Waals surface area contributed by atoms with Gasteiger partial charge in [0.25, 0.3) is 0 Å². The van der Waals surface area contributed by atoms with Crippen molar-refractivity contribution in [1.82, 2.24) is 0 Å². The zero-order valence-corrected chi connectivity index (χ0v) is 12.2. The smallest absolute Gasteiger partial charge is 0.341 e. The summed E-state index contributed by atoms with van der Waals surface area (Å²) in [5.41, 5.74) is -0.0497. The van der Waals surface area contributed by atoms with Gasteiger partial charge in [-0.2, -0.15) is 0 Å². The molecule has 6 heteroatoms. The highest BCUT2D eigenvalue weighted by molar-refractivity contribution is 6.04. The van der Waals surface area contributed by atoms with Crippen LogP contribution in [0.5, 0.6) is 0 Å². The summed E-state index contributed by atoms with van der Waals surface area (Å²) in [4.78, 5) is 45.5. The highest BCUT2D eigenvalue weighted by Gasteiger charge is 2.20. The van der Waals surface area contributed by atoms with Gasteiger partial charge in [-0.25, -0.2) is 14.4 Å². The minimum absolute atomic E-state index is 0.119. The van der Waals surface area contributed by atoms with Gasteiger partial charge in [-0.15, -0.1) is 0 Å². The molecule has 0 N–H and O–H groups in total. The van der Waals surface area contributed by atoms with Crippen molar-refractivity contribution in [3.8, 4) is 0 Å². The molecule has 0 aromatic heterocycles. The Hall–Kier alpha value is -2.50. The lowest BCUT2D eigenvalue weighted by molar-refractivity contribution is -0.159. The van der Waals surface area contributed by atoms with Crippen LogP contribution in [0.3, 0.4) is 0 Å². The Morgan fingerprint density at radius 1 is 0.714 bits per heavy atom. The van der Waals surface area contributed by atoms with Crippen molar-refractivity contribution in [2.24, 2.45) is 0 Å². The molecule has 0 heterocycles. The molecule has 0 rings (SSSR count). The third-order valence-electron chi connectivity index (χ3n) is 2.47. The van der Waals surface area contributed by atoms with Crippen LogP contribution in [-0.2, 0) is 28.7 Å². The number of hydrogen-bond acceptors (Lipinski definition) is 6. The molecule has 0 aliphatic rings. The van der Waals surface area contributed by atoms with Crippen molar-refractivity contribution in [2.75, 3.05) is 0 Å². The maximum atomic E-state index is 11.5. The van der Waals surface area contributed by atoms with E-state index in [0.717, 1.165) is 0 Å². The van der Waals surface area contributed by atoms with Crippen LogP contribution in [0, 0.1) is 0 Å². The van der Waals surface area contributed by atoms with Gasteiger partial charge < -0.3 is 9.47 Å². The average Bonchev–Trinajstić information content (AvgIpc) is 2.44. The third-order valence-corrected chi connectivity index (χ3v) is 2.47. The molecule has 0 fully saturated rings. The molecule has 6 nitrogen and oxygen atoms in total. The van der Waals surface area contributed by atoms with E-state index in [0.29, 0.717) is 12.8 Å². The Balaban J connectivity index is 4.42. The maximum Gasteiger partial charge on any atom is 0.341 e. The number of carbonyl (C=O) groups is 4. The van der Waals surface area contributed by atoms with Crippen LogP contribution in [0.25, 0.3) is 0 Å². The summed E-state index contributed by atoms with van der Waals surface area (Å²) >= 11 is 0. The molecular weight excluding hydrogens is 276 g/mol. The zero-order chi connectivity index (χ0) is 16.6. The first kappa shape index (κ1) is 18.5. The highest BCUT2D eigenvalue weighted by Crippen LogP contribution is 2.08. The minimum Gasteiger partial charge on any atom is -0.389 e. The lowest BCUT2D eigenvalue weighted by atomic mass is 10.2. The minimum atomic E-state index is -1.06. The van der Waals surface area contributed by atoms with Crippen LogP contribution in [0.2, 0.25) is 0 Å². The Bertz CT molecular complexity index is 512. The fourth-order valence-corrected chi connectivity index (χ4v) is 0.975. The normalized spacial score (nSPS) is 9.43. The lowest BCUT2D eigenvalue weighted by Gasteiger charge is -2.06. The monoisotopic (exact) mass is 294 g/mol. The molecule has 0 atom stereocenters. The fraction of sp³-hybridized carbons (Fsp3) is 0.333. The summed E-state index contributed by atoms with van der Waals surface area (Å²) in [6, 6.07) is 0. The van der Waals surface area contributed by atoms with E-state index < -0.39 is 30.3 Å². The summed E-state index contributed by atoms with van der Waals surface area (Å²) in [6.07, 6.45) is 0.102. The van der Waals surface area contributed by atoms with Gasteiger partial charge in [0, 0.05) is 16.7 Å². The van der Waals surface area contributed by atoms with Crippen LogP contribution in [0.4, 0.5) is 0 Å². The molecule has 0 aromatic rings. The van der Waals surface area contributed by atoms with E-state index in [-0.39, 0.29) is 16.7 Å². The van der Waals surface area contributed by atoms with E-state index in [9.17, 15) is 19.2 Å². The van der Waals surface area contributed by atoms with Gasteiger partial charge in [-0.3, -0.25) is 4.79 Å². The lowest BCUT2D eigenvalue weighted by Crippen LogP contribution is -2.19. The number of esters is 4. The first-order chi connectivity index (χ1) is 9.72. The predicted molar refractivity (Wildman–Crippen MR) is 74.8 cm³/mol. The second kappa shape index (κ2) is 8.63. The van der Waals surface area contributed by atoms with Gasteiger partial charge in [-0.05, 0) is 12.8 Å². The molecule has 0 amide bonds. The summed E-state index contributed by atoms with van der Waals surface area (Å²) in [7, 11) is 0. The Labute approximate surface area is 123 Å². The Kier molecular flexibility index (Phi) is 7.60. The highest BCUT2D eigenvalue weighted by atomic mass is 16.6. The number of rotatable bonds is 7. The molecule has 0 saturated heterocycles. The molecule has 0 saturated carbocycles. The van der Waals surface area contributed by atoms with Gasteiger partial charge >= 0.3 is 23.9 Å². The van der Waals surface area contributed by atoms with Gasteiger partial charge in [0.2, 0.25) is 0 Å². The largest absolute Gasteiger partial charge is 0.389 e. The molecule has 21 heavy (non-hydrogen) atoms. The first-order valence-electron chi connectivity index (χ1n) is 6.27. The van der Waals surface area contributed by atoms with Gasteiger partial charge in [0.1, 0.15) is 0 Å². The Morgan fingerprint density at radius 2 is 1.10 bits per heavy atom. The van der Waals surface area contributed by atoms with Crippen LogP contribution in [0.1, 0.15) is 33.1 Å². The number of hydrogen-bond donors (Lipinski definition) is 0. The van der Waals surface area contributed by atoms with E-state index in [2.05, 4.69) is 29.2 Å². The molecule has 0 bridgehead atoms. The molecule has 0 radical (unpaired) electrons. The standard InChI is InChI=1S/C15H18O6/c1-6-9(3)13(17)20-12(16)8-11(5)15(19)21-14(18)10(4)7-2/h3-8H2,1-2H3. The second-order valence-electron chi connectivity index (χ2n) is 4.13. The van der Waals surface area contributed by atoms with Crippen molar-refractivity contribution in [2.45, 2.75) is 33.1 Å². The van der Waals surface area contributed by atoms with Crippen LogP contribution >= 0.6 is 0 Å². The summed E-state index contributed by atoms with van der Waals surface area (Å²) in [5, 5.41) is 0. The van der Waals surface area contributed by atoms with E-state index >= 15 is 0 Å². The topological polar surface area (TPSA) is 86.7 Å². The van der Waals surface area contributed by atoms with E-state index in [1.54, 1.807) is 13.8 Å². The molecule has 0 aliphatic carbocycles. The van der Waals surface area contributed by atoms with Crippen molar-refractivity contribution < 1.29 is 28.7 Å². The summed E-state index contributed by atoms with van der Waals surface area (Å²) in [6.45, 7) is 13.5. The summed E-state index contributed by atoms with van der Waals surface area (Å²) < 4.78 is 8.90.